The first-order chi connectivity index (χ1) is 14.5. The zero-order chi connectivity index (χ0) is 20.7. The van der Waals surface area contributed by atoms with E-state index in [9.17, 15) is 4.79 Å². The van der Waals surface area contributed by atoms with Crippen molar-refractivity contribution in [2.24, 2.45) is 52.3 Å². The molecule has 0 aromatic carbocycles. The van der Waals surface area contributed by atoms with E-state index in [-0.39, 0.29) is 11.3 Å². The number of carbonyl (C=O) groups is 1. The molecule has 0 radical (unpaired) electrons. The number of Topliss-reactive ketones (excluding diaryl/α,β-unsaturated/α-hetero) is 1. The maximum Gasteiger partial charge on any atom is 0.162 e. The van der Waals surface area contributed by atoms with E-state index in [2.05, 4.69) is 25.0 Å². The quantitative estimate of drug-likeness (QED) is 0.692. The first-order valence-electron chi connectivity index (χ1n) is 12.4. The fraction of sp³-hybridized carbons (Fsp3) is 0.808. The number of aromatic nitrogens is 2. The molecule has 0 amide bonds. The molecule has 6 rings (SSSR count). The standard InChI is InChI=1S/C26H35N3O/c1-16-3-4-21-19-7-10-25(2)20(18(19)8-11-26(21)13-23(16)26)5-6-22(25)24(30)15-29-12-9-17(14-27)28-29/h9,12,16,18-23H,3-8,10-11,13,15H2,1-2H3/t16-,18+,19-,20-,21+,22+,23?,25-,26?/m0/s1. The molecule has 30 heavy (non-hydrogen) atoms. The van der Waals surface area contributed by atoms with Crippen molar-refractivity contribution in [3.63, 3.8) is 0 Å². The molecule has 0 saturated heterocycles. The number of fused-ring (bicyclic) bond motifs is 4. The van der Waals surface area contributed by atoms with Gasteiger partial charge in [0.25, 0.3) is 0 Å². The molecule has 5 aliphatic rings. The highest BCUT2D eigenvalue weighted by Gasteiger charge is 2.68. The van der Waals surface area contributed by atoms with Gasteiger partial charge in [-0.05, 0) is 104 Å². The van der Waals surface area contributed by atoms with Gasteiger partial charge < -0.3 is 0 Å². The first-order valence-corrected chi connectivity index (χ1v) is 12.4. The number of hydrogen-bond acceptors (Lipinski definition) is 3. The number of rotatable bonds is 3. The highest BCUT2D eigenvalue weighted by Crippen LogP contribution is 2.76. The maximum atomic E-state index is 13.3. The largest absolute Gasteiger partial charge is 0.297 e. The van der Waals surface area contributed by atoms with Gasteiger partial charge in [-0.15, -0.1) is 0 Å². The third-order valence-electron chi connectivity index (χ3n) is 11.0. The Morgan fingerprint density at radius 3 is 2.70 bits per heavy atom. The van der Waals surface area contributed by atoms with Gasteiger partial charge in [-0.3, -0.25) is 9.48 Å². The fourth-order valence-corrected chi connectivity index (χ4v) is 9.56. The molecule has 5 fully saturated rings. The topological polar surface area (TPSA) is 58.7 Å². The van der Waals surface area contributed by atoms with Crippen LogP contribution in [0.5, 0.6) is 0 Å². The summed E-state index contributed by atoms with van der Waals surface area (Å²) in [6, 6.07) is 3.76. The minimum Gasteiger partial charge on any atom is -0.297 e. The van der Waals surface area contributed by atoms with Crippen LogP contribution in [0.1, 0.15) is 77.3 Å². The van der Waals surface area contributed by atoms with Crippen LogP contribution in [-0.4, -0.2) is 15.6 Å². The van der Waals surface area contributed by atoms with E-state index < -0.39 is 0 Å². The second kappa shape index (κ2) is 6.44. The van der Waals surface area contributed by atoms with Gasteiger partial charge in [0.05, 0.1) is 6.54 Å². The Morgan fingerprint density at radius 2 is 1.90 bits per heavy atom. The number of nitrogens with zero attached hydrogens (tertiary/aromatic N) is 3. The highest BCUT2D eigenvalue weighted by atomic mass is 16.1. The average Bonchev–Trinajstić information content (AvgIpc) is 3.12. The predicted octanol–water partition coefficient (Wildman–Crippen LogP) is 5.23. The monoisotopic (exact) mass is 405 g/mol. The number of hydrogen-bond donors (Lipinski definition) is 0. The van der Waals surface area contributed by atoms with E-state index in [1.807, 2.05) is 0 Å². The average molecular weight is 406 g/mol. The van der Waals surface area contributed by atoms with Crippen LogP contribution < -0.4 is 0 Å². The molecule has 4 nitrogen and oxygen atoms in total. The van der Waals surface area contributed by atoms with Gasteiger partial charge in [-0.2, -0.15) is 10.4 Å². The highest BCUT2D eigenvalue weighted by molar-refractivity contribution is 5.82. The third-order valence-corrected chi connectivity index (χ3v) is 11.0. The molecular weight excluding hydrogens is 370 g/mol. The Balaban J connectivity index is 1.20. The van der Waals surface area contributed by atoms with E-state index >= 15 is 0 Å². The molecule has 1 spiro atoms. The molecule has 160 valence electrons. The molecular formula is C26H35N3O. The van der Waals surface area contributed by atoms with Crippen LogP contribution in [0.3, 0.4) is 0 Å². The van der Waals surface area contributed by atoms with Crippen molar-refractivity contribution >= 4 is 5.78 Å². The lowest BCUT2D eigenvalue weighted by molar-refractivity contribution is -0.131. The van der Waals surface area contributed by atoms with E-state index in [1.165, 1.54) is 51.4 Å². The van der Waals surface area contributed by atoms with Crippen molar-refractivity contribution in [2.75, 3.05) is 0 Å². The summed E-state index contributed by atoms with van der Waals surface area (Å²) < 4.78 is 1.67. The van der Waals surface area contributed by atoms with Gasteiger partial charge in [-0.1, -0.05) is 20.3 Å². The molecule has 2 unspecified atom stereocenters. The van der Waals surface area contributed by atoms with Crippen molar-refractivity contribution < 1.29 is 4.79 Å². The van der Waals surface area contributed by atoms with Crippen LogP contribution >= 0.6 is 0 Å². The Kier molecular flexibility index (Phi) is 4.10. The number of carbonyl (C=O) groups excluding carboxylic acids is 1. The van der Waals surface area contributed by atoms with Crippen LogP contribution in [0.2, 0.25) is 0 Å². The van der Waals surface area contributed by atoms with Crippen LogP contribution in [0, 0.1) is 63.6 Å². The summed E-state index contributed by atoms with van der Waals surface area (Å²) in [5.41, 5.74) is 1.31. The summed E-state index contributed by atoms with van der Waals surface area (Å²) in [5, 5.41) is 13.2. The van der Waals surface area contributed by atoms with Gasteiger partial charge in [0.1, 0.15) is 6.07 Å². The van der Waals surface area contributed by atoms with Crippen molar-refractivity contribution in [3.8, 4) is 6.07 Å². The Labute approximate surface area is 180 Å². The van der Waals surface area contributed by atoms with Crippen molar-refractivity contribution in [1.82, 2.24) is 9.78 Å². The Bertz CT molecular complexity index is 914. The summed E-state index contributed by atoms with van der Waals surface area (Å²) in [5.74, 6) is 6.05. The Morgan fingerprint density at radius 1 is 1.13 bits per heavy atom. The third kappa shape index (κ3) is 2.50. The van der Waals surface area contributed by atoms with Crippen molar-refractivity contribution in [2.45, 2.75) is 78.2 Å². The first kappa shape index (κ1) is 19.1. The van der Waals surface area contributed by atoms with Gasteiger partial charge in [0.2, 0.25) is 0 Å². The van der Waals surface area contributed by atoms with Crippen LogP contribution in [-0.2, 0) is 11.3 Å². The molecule has 1 aromatic heterocycles. The minimum absolute atomic E-state index is 0.175. The molecule has 5 saturated carbocycles. The van der Waals surface area contributed by atoms with Crippen molar-refractivity contribution in [3.05, 3.63) is 18.0 Å². The molecule has 5 aliphatic carbocycles. The van der Waals surface area contributed by atoms with Gasteiger partial charge >= 0.3 is 0 Å². The van der Waals surface area contributed by atoms with Crippen LogP contribution in [0.25, 0.3) is 0 Å². The Hall–Kier alpha value is -1.63. The fourth-order valence-electron chi connectivity index (χ4n) is 9.56. The summed E-state index contributed by atoms with van der Waals surface area (Å²) in [7, 11) is 0. The molecule has 0 aliphatic heterocycles. The van der Waals surface area contributed by atoms with Crippen LogP contribution in [0.4, 0.5) is 0 Å². The molecule has 1 heterocycles. The lowest BCUT2D eigenvalue weighted by Crippen LogP contribution is -2.50. The van der Waals surface area contributed by atoms with E-state index in [1.54, 1.807) is 16.9 Å². The van der Waals surface area contributed by atoms with E-state index in [0.717, 1.165) is 47.3 Å². The normalized spacial score (nSPS) is 48.6. The zero-order valence-electron chi connectivity index (χ0n) is 18.5. The van der Waals surface area contributed by atoms with Gasteiger partial charge in [-0.25, -0.2) is 0 Å². The summed E-state index contributed by atoms with van der Waals surface area (Å²) in [4.78, 5) is 13.3. The molecule has 0 bridgehead atoms. The summed E-state index contributed by atoms with van der Waals surface area (Å²) >= 11 is 0. The molecule has 9 atom stereocenters. The lowest BCUT2D eigenvalue weighted by Gasteiger charge is -2.56. The minimum atomic E-state index is 0.175. The molecule has 4 heteroatoms. The smallest absolute Gasteiger partial charge is 0.162 e. The SMILES string of the molecule is C[C@H]1CC[C@@H]2[C@H]3CC[C@]4(C)[C@@H](C(=O)Cn5ccc(C#N)n5)CC[C@H]4[C@@H]3CCC23CC13. The van der Waals surface area contributed by atoms with Gasteiger partial charge in [0.15, 0.2) is 11.5 Å². The van der Waals surface area contributed by atoms with E-state index in [0.29, 0.717) is 18.0 Å². The second-order valence-electron chi connectivity index (χ2n) is 11.8. The van der Waals surface area contributed by atoms with Crippen molar-refractivity contribution in [1.29, 1.82) is 5.26 Å². The molecule has 1 aromatic rings. The summed E-state index contributed by atoms with van der Waals surface area (Å²) in [6.07, 6.45) is 14.0. The van der Waals surface area contributed by atoms with E-state index in [4.69, 9.17) is 5.26 Å². The maximum absolute atomic E-state index is 13.3. The lowest BCUT2D eigenvalue weighted by atomic mass is 9.48. The van der Waals surface area contributed by atoms with Gasteiger partial charge in [0, 0.05) is 12.1 Å². The zero-order valence-corrected chi connectivity index (χ0v) is 18.5. The summed E-state index contributed by atoms with van der Waals surface area (Å²) in [6.45, 7) is 5.28. The predicted molar refractivity (Wildman–Crippen MR) is 114 cm³/mol. The second-order valence-corrected chi connectivity index (χ2v) is 11.8. The number of ketones is 1. The number of nitriles is 1. The molecule has 0 N–H and O–H groups in total. The van der Waals surface area contributed by atoms with Crippen LogP contribution in [0.15, 0.2) is 12.3 Å².